The molecule has 1 aliphatic carbocycles. The van der Waals surface area contributed by atoms with Gasteiger partial charge in [-0.25, -0.2) is 0 Å². The molecule has 86 valence electrons. The third kappa shape index (κ3) is 2.89. The van der Waals surface area contributed by atoms with E-state index in [1.54, 1.807) is 5.56 Å². The Bertz CT molecular complexity index is 348. The first-order valence-electron chi connectivity index (χ1n) is 5.89. The monoisotopic (exact) mass is 233 g/mol. The molecule has 0 radical (unpaired) electrons. The van der Waals surface area contributed by atoms with Gasteiger partial charge in [0, 0.05) is 30.5 Å². The number of rotatable bonds is 7. The van der Waals surface area contributed by atoms with Gasteiger partial charge in [0.2, 0.25) is 0 Å². The van der Waals surface area contributed by atoms with Crippen LogP contribution >= 0.6 is 11.8 Å². The highest BCUT2D eigenvalue weighted by molar-refractivity contribution is 7.99. The Hall–Kier alpha value is -0.730. The summed E-state index contributed by atoms with van der Waals surface area (Å²) in [6, 6.07) is 8.78. The Morgan fingerprint density at radius 1 is 1.44 bits per heavy atom. The zero-order valence-corrected chi connectivity index (χ0v) is 10.4. The van der Waals surface area contributed by atoms with Crippen LogP contribution in [0.2, 0.25) is 0 Å². The summed E-state index contributed by atoms with van der Waals surface area (Å²) in [5.41, 5.74) is 3.09. The molecule has 1 N–H and O–H groups in total. The zero-order chi connectivity index (χ0) is 11.2. The third-order valence-electron chi connectivity index (χ3n) is 3.01. The maximum absolute atomic E-state index is 3.71. The quantitative estimate of drug-likeness (QED) is 0.574. The van der Waals surface area contributed by atoms with Crippen LogP contribution in [0.3, 0.4) is 0 Å². The first kappa shape index (κ1) is 11.7. The second-order valence-electron chi connectivity index (χ2n) is 4.17. The highest BCUT2D eigenvalue weighted by Crippen LogP contribution is 2.33. The fourth-order valence-corrected chi connectivity index (χ4v) is 2.75. The summed E-state index contributed by atoms with van der Waals surface area (Å²) >= 11 is 1.94. The molecule has 1 unspecified atom stereocenters. The highest BCUT2D eigenvalue weighted by atomic mass is 32.2. The molecule has 1 aromatic rings. The minimum absolute atomic E-state index is 0.751. The standard InChI is InChI=1S/C14H19NS/c1-2-8-16-9-7-15-11-13-10-12-5-3-4-6-14(12)13/h2-6,13,15H,1,7-11H2. The Balaban J connectivity index is 1.61. The van der Waals surface area contributed by atoms with Crippen molar-refractivity contribution in [3.8, 4) is 0 Å². The van der Waals surface area contributed by atoms with Gasteiger partial charge in [0.1, 0.15) is 0 Å². The molecular formula is C14H19NS. The molecular weight excluding hydrogens is 214 g/mol. The van der Waals surface area contributed by atoms with Crippen LogP contribution in [0.1, 0.15) is 17.0 Å². The molecule has 0 heterocycles. The third-order valence-corrected chi connectivity index (χ3v) is 3.98. The van der Waals surface area contributed by atoms with Crippen LogP contribution in [-0.4, -0.2) is 24.6 Å². The van der Waals surface area contributed by atoms with Crippen molar-refractivity contribution in [3.63, 3.8) is 0 Å². The van der Waals surface area contributed by atoms with Gasteiger partial charge in [-0.3, -0.25) is 0 Å². The summed E-state index contributed by atoms with van der Waals surface area (Å²) in [6.07, 6.45) is 3.22. The lowest BCUT2D eigenvalue weighted by Gasteiger charge is -2.30. The average molecular weight is 233 g/mol. The highest BCUT2D eigenvalue weighted by Gasteiger charge is 2.24. The van der Waals surface area contributed by atoms with E-state index in [-0.39, 0.29) is 0 Å². The predicted octanol–water partition coefficient (Wildman–Crippen LogP) is 2.84. The van der Waals surface area contributed by atoms with Gasteiger partial charge in [0.15, 0.2) is 0 Å². The van der Waals surface area contributed by atoms with Crippen LogP contribution < -0.4 is 5.32 Å². The van der Waals surface area contributed by atoms with Gasteiger partial charge in [-0.1, -0.05) is 30.3 Å². The van der Waals surface area contributed by atoms with Crippen LogP contribution in [0.5, 0.6) is 0 Å². The molecule has 0 aliphatic heterocycles. The van der Waals surface area contributed by atoms with Gasteiger partial charge in [0.25, 0.3) is 0 Å². The van der Waals surface area contributed by atoms with Crippen molar-refractivity contribution < 1.29 is 0 Å². The number of hydrogen-bond acceptors (Lipinski definition) is 2. The zero-order valence-electron chi connectivity index (χ0n) is 9.61. The minimum atomic E-state index is 0.751. The minimum Gasteiger partial charge on any atom is -0.315 e. The van der Waals surface area contributed by atoms with E-state index in [1.165, 1.54) is 17.7 Å². The molecule has 0 aromatic heterocycles. The van der Waals surface area contributed by atoms with E-state index in [0.29, 0.717) is 0 Å². The van der Waals surface area contributed by atoms with Crippen molar-refractivity contribution in [1.82, 2.24) is 5.32 Å². The largest absolute Gasteiger partial charge is 0.315 e. The number of hydrogen-bond donors (Lipinski definition) is 1. The van der Waals surface area contributed by atoms with E-state index in [0.717, 1.165) is 24.8 Å². The Morgan fingerprint density at radius 2 is 2.31 bits per heavy atom. The molecule has 0 amide bonds. The first-order chi connectivity index (χ1) is 7.92. The topological polar surface area (TPSA) is 12.0 Å². The lowest BCUT2D eigenvalue weighted by atomic mass is 9.78. The summed E-state index contributed by atoms with van der Waals surface area (Å²) in [5.74, 6) is 2.99. The smallest absolute Gasteiger partial charge is 0.0111 e. The van der Waals surface area contributed by atoms with Gasteiger partial charge in [-0.05, 0) is 17.5 Å². The van der Waals surface area contributed by atoms with Crippen LogP contribution in [-0.2, 0) is 6.42 Å². The van der Waals surface area contributed by atoms with Gasteiger partial charge >= 0.3 is 0 Å². The lowest BCUT2D eigenvalue weighted by Crippen LogP contribution is -2.30. The first-order valence-corrected chi connectivity index (χ1v) is 7.04. The Labute approximate surface area is 102 Å². The lowest BCUT2D eigenvalue weighted by molar-refractivity contribution is 0.548. The number of nitrogens with one attached hydrogen (secondary N) is 1. The maximum Gasteiger partial charge on any atom is 0.0111 e. The second-order valence-corrected chi connectivity index (χ2v) is 5.32. The summed E-state index contributed by atoms with van der Waals surface area (Å²) < 4.78 is 0. The molecule has 0 fully saturated rings. The molecule has 16 heavy (non-hydrogen) atoms. The Morgan fingerprint density at radius 3 is 3.12 bits per heavy atom. The predicted molar refractivity (Wildman–Crippen MR) is 73.3 cm³/mol. The normalized spacial score (nSPS) is 17.6. The van der Waals surface area contributed by atoms with Gasteiger partial charge in [0.05, 0.1) is 0 Å². The maximum atomic E-state index is 3.71. The summed E-state index contributed by atoms with van der Waals surface area (Å²) in [7, 11) is 0. The molecule has 0 spiro atoms. The molecule has 0 bridgehead atoms. The van der Waals surface area contributed by atoms with Crippen molar-refractivity contribution in [2.45, 2.75) is 12.3 Å². The molecule has 1 aliphatic rings. The van der Waals surface area contributed by atoms with Gasteiger partial charge in [-0.2, -0.15) is 11.8 Å². The van der Waals surface area contributed by atoms with E-state index >= 15 is 0 Å². The number of benzene rings is 1. The molecule has 0 saturated carbocycles. The van der Waals surface area contributed by atoms with Crippen molar-refractivity contribution in [3.05, 3.63) is 48.0 Å². The van der Waals surface area contributed by atoms with Crippen molar-refractivity contribution in [1.29, 1.82) is 0 Å². The molecule has 1 aromatic carbocycles. The van der Waals surface area contributed by atoms with Crippen LogP contribution in [0.25, 0.3) is 0 Å². The van der Waals surface area contributed by atoms with Gasteiger partial charge in [-0.15, -0.1) is 6.58 Å². The molecule has 0 saturated heterocycles. The van der Waals surface area contributed by atoms with Crippen LogP contribution in [0, 0.1) is 0 Å². The molecule has 1 atom stereocenters. The van der Waals surface area contributed by atoms with E-state index in [9.17, 15) is 0 Å². The van der Waals surface area contributed by atoms with Crippen molar-refractivity contribution in [2.75, 3.05) is 24.6 Å². The summed E-state index contributed by atoms with van der Waals surface area (Å²) in [6.45, 7) is 5.95. The number of thioether (sulfide) groups is 1. The van der Waals surface area contributed by atoms with Crippen molar-refractivity contribution in [2.24, 2.45) is 0 Å². The fraction of sp³-hybridized carbons (Fsp3) is 0.429. The molecule has 2 rings (SSSR count). The molecule has 2 heteroatoms. The van der Waals surface area contributed by atoms with E-state index in [4.69, 9.17) is 0 Å². The van der Waals surface area contributed by atoms with E-state index in [1.807, 2.05) is 17.8 Å². The number of fused-ring (bicyclic) bond motifs is 1. The summed E-state index contributed by atoms with van der Waals surface area (Å²) in [5, 5.41) is 3.53. The molecule has 1 nitrogen and oxygen atoms in total. The van der Waals surface area contributed by atoms with E-state index < -0.39 is 0 Å². The SMILES string of the molecule is C=CCSCCNCC1Cc2ccccc21. The van der Waals surface area contributed by atoms with Gasteiger partial charge < -0.3 is 5.32 Å². The average Bonchev–Trinajstić information content (AvgIpc) is 2.28. The Kier molecular flexibility index (Phi) is 4.49. The second kappa shape index (κ2) is 6.12. The van der Waals surface area contributed by atoms with Crippen LogP contribution in [0.4, 0.5) is 0 Å². The van der Waals surface area contributed by atoms with E-state index in [2.05, 4.69) is 36.2 Å². The summed E-state index contributed by atoms with van der Waals surface area (Å²) in [4.78, 5) is 0. The van der Waals surface area contributed by atoms with Crippen LogP contribution in [0.15, 0.2) is 36.9 Å². The fourth-order valence-electron chi connectivity index (χ4n) is 2.13. The van der Waals surface area contributed by atoms with Crippen molar-refractivity contribution >= 4 is 11.8 Å².